The predicted molar refractivity (Wildman–Crippen MR) is 92.0 cm³/mol. The fourth-order valence-electron chi connectivity index (χ4n) is 2.50. The van der Waals surface area contributed by atoms with Crippen molar-refractivity contribution in [2.45, 2.75) is 6.18 Å². The van der Waals surface area contributed by atoms with Gasteiger partial charge >= 0.3 is 6.18 Å². The molecule has 0 spiro atoms. The molecule has 0 atom stereocenters. The van der Waals surface area contributed by atoms with Crippen LogP contribution in [0.2, 0.25) is 0 Å². The van der Waals surface area contributed by atoms with Gasteiger partial charge in [0.1, 0.15) is 0 Å². The van der Waals surface area contributed by atoms with Gasteiger partial charge in [0.05, 0.1) is 17.4 Å². The van der Waals surface area contributed by atoms with Crippen molar-refractivity contribution in [3.63, 3.8) is 0 Å². The molecule has 0 aliphatic carbocycles. The van der Waals surface area contributed by atoms with Crippen LogP contribution in [0.4, 0.5) is 13.2 Å². The number of nitrogens with zero attached hydrogens (tertiary/aromatic N) is 3. The van der Waals surface area contributed by atoms with Crippen molar-refractivity contribution in [2.75, 3.05) is 14.1 Å². The Labute approximate surface area is 148 Å². The number of aromatic nitrogens is 2. The summed E-state index contributed by atoms with van der Waals surface area (Å²) >= 11 is 0. The van der Waals surface area contributed by atoms with Gasteiger partial charge in [-0.05, 0) is 42.0 Å². The molecule has 0 saturated carbocycles. The Kier molecular flexibility index (Phi) is 4.54. The molecule has 0 fully saturated rings. The van der Waals surface area contributed by atoms with Crippen LogP contribution in [0.1, 0.15) is 15.9 Å². The van der Waals surface area contributed by atoms with E-state index in [2.05, 4.69) is 5.10 Å². The summed E-state index contributed by atoms with van der Waals surface area (Å²) in [5.41, 5.74) is 1.56. The molecular weight excluding hydrogens is 343 g/mol. The smallest absolute Gasteiger partial charge is 0.345 e. The molecule has 134 valence electrons. The molecule has 0 saturated heterocycles. The van der Waals surface area contributed by atoms with Gasteiger partial charge in [0, 0.05) is 31.4 Å². The minimum Gasteiger partial charge on any atom is -0.345 e. The Balaban J connectivity index is 1.88. The summed E-state index contributed by atoms with van der Waals surface area (Å²) in [5, 5.41) is 4.20. The van der Waals surface area contributed by atoms with E-state index >= 15 is 0 Å². The third-order valence-electron chi connectivity index (χ3n) is 3.89. The van der Waals surface area contributed by atoms with Crippen LogP contribution in [-0.2, 0) is 6.18 Å². The number of carbonyl (C=O) groups is 1. The first-order valence-corrected chi connectivity index (χ1v) is 7.80. The maximum Gasteiger partial charge on any atom is 0.416 e. The van der Waals surface area contributed by atoms with Crippen molar-refractivity contribution < 1.29 is 18.0 Å². The molecule has 0 aliphatic heterocycles. The van der Waals surface area contributed by atoms with E-state index in [0.29, 0.717) is 22.4 Å². The quantitative estimate of drug-likeness (QED) is 0.701. The van der Waals surface area contributed by atoms with E-state index in [1.54, 1.807) is 55.3 Å². The van der Waals surface area contributed by atoms with Gasteiger partial charge in [-0.15, -0.1) is 0 Å². The zero-order chi connectivity index (χ0) is 18.9. The second kappa shape index (κ2) is 6.67. The maximum absolute atomic E-state index is 12.9. The molecule has 0 bridgehead atoms. The van der Waals surface area contributed by atoms with Crippen LogP contribution in [0.5, 0.6) is 0 Å². The number of hydrogen-bond acceptors (Lipinski definition) is 2. The van der Waals surface area contributed by atoms with Crippen molar-refractivity contribution in [3.05, 3.63) is 72.1 Å². The van der Waals surface area contributed by atoms with Crippen molar-refractivity contribution >= 4 is 5.91 Å². The number of alkyl halides is 3. The van der Waals surface area contributed by atoms with Gasteiger partial charge in [-0.3, -0.25) is 4.79 Å². The van der Waals surface area contributed by atoms with Gasteiger partial charge in [0.25, 0.3) is 5.91 Å². The average molecular weight is 359 g/mol. The topological polar surface area (TPSA) is 38.1 Å². The molecule has 3 aromatic rings. The number of halogens is 3. The van der Waals surface area contributed by atoms with E-state index in [1.807, 2.05) is 0 Å². The summed E-state index contributed by atoms with van der Waals surface area (Å²) < 4.78 is 40.1. The van der Waals surface area contributed by atoms with Crippen molar-refractivity contribution in [2.24, 2.45) is 0 Å². The fourth-order valence-corrected chi connectivity index (χ4v) is 2.50. The average Bonchev–Trinajstić information content (AvgIpc) is 3.10. The Hall–Kier alpha value is -3.09. The Morgan fingerprint density at radius 2 is 1.73 bits per heavy atom. The molecular formula is C19H16F3N3O. The Morgan fingerprint density at radius 3 is 2.35 bits per heavy atom. The lowest BCUT2D eigenvalue weighted by Crippen LogP contribution is -2.21. The number of hydrogen-bond donors (Lipinski definition) is 0. The van der Waals surface area contributed by atoms with E-state index in [4.69, 9.17) is 0 Å². The SMILES string of the molecule is CN(C)C(=O)c1ccc(-n2cc(-c3cccc(C(F)(F)F)c3)cn2)cc1. The number of carbonyl (C=O) groups excluding carboxylic acids is 1. The van der Waals surface area contributed by atoms with Crippen LogP contribution >= 0.6 is 0 Å². The first kappa shape index (κ1) is 17.7. The van der Waals surface area contributed by atoms with E-state index in [9.17, 15) is 18.0 Å². The monoisotopic (exact) mass is 359 g/mol. The molecule has 2 aromatic carbocycles. The first-order valence-electron chi connectivity index (χ1n) is 7.80. The van der Waals surface area contributed by atoms with Crippen LogP contribution in [-0.4, -0.2) is 34.7 Å². The van der Waals surface area contributed by atoms with Gasteiger partial charge in [-0.2, -0.15) is 18.3 Å². The molecule has 1 aromatic heterocycles. The van der Waals surface area contributed by atoms with Gasteiger partial charge in [-0.25, -0.2) is 4.68 Å². The van der Waals surface area contributed by atoms with Crippen LogP contribution in [0.3, 0.4) is 0 Å². The molecule has 4 nitrogen and oxygen atoms in total. The van der Waals surface area contributed by atoms with Crippen molar-refractivity contribution in [3.8, 4) is 16.8 Å². The second-order valence-electron chi connectivity index (χ2n) is 6.00. The summed E-state index contributed by atoms with van der Waals surface area (Å²) in [6.45, 7) is 0. The molecule has 1 amide bonds. The summed E-state index contributed by atoms with van der Waals surface area (Å²) in [6, 6.07) is 12.0. The molecule has 26 heavy (non-hydrogen) atoms. The van der Waals surface area contributed by atoms with Gasteiger partial charge < -0.3 is 4.90 Å². The van der Waals surface area contributed by atoms with Gasteiger partial charge in [0.15, 0.2) is 0 Å². The maximum atomic E-state index is 12.9. The Bertz CT molecular complexity index is 928. The number of amides is 1. The standard InChI is InChI=1S/C19H16F3N3O/c1-24(2)18(26)13-6-8-17(9-7-13)25-12-15(11-23-25)14-4-3-5-16(10-14)19(20,21)22/h3-12H,1-2H3. The Morgan fingerprint density at radius 1 is 1.04 bits per heavy atom. The molecule has 0 aliphatic rings. The van der Waals surface area contributed by atoms with E-state index in [0.717, 1.165) is 12.1 Å². The predicted octanol–water partition coefficient (Wildman–Crippen LogP) is 4.26. The summed E-state index contributed by atoms with van der Waals surface area (Å²) in [4.78, 5) is 13.4. The van der Waals surface area contributed by atoms with Gasteiger partial charge in [0.2, 0.25) is 0 Å². The minimum absolute atomic E-state index is 0.110. The third kappa shape index (κ3) is 3.61. The molecule has 1 heterocycles. The normalized spacial score (nSPS) is 11.4. The molecule has 0 radical (unpaired) electrons. The minimum atomic E-state index is -4.39. The number of rotatable bonds is 3. The largest absolute Gasteiger partial charge is 0.416 e. The fraction of sp³-hybridized carbons (Fsp3) is 0.158. The molecule has 7 heteroatoms. The highest BCUT2D eigenvalue weighted by Crippen LogP contribution is 2.32. The van der Waals surface area contributed by atoms with Crippen LogP contribution in [0.15, 0.2) is 60.9 Å². The van der Waals surface area contributed by atoms with Crippen LogP contribution in [0.25, 0.3) is 16.8 Å². The van der Waals surface area contributed by atoms with E-state index in [1.165, 1.54) is 17.2 Å². The first-order chi connectivity index (χ1) is 12.3. The zero-order valence-electron chi connectivity index (χ0n) is 14.2. The molecule has 0 N–H and O–H groups in total. The summed E-state index contributed by atoms with van der Waals surface area (Å²) in [6.07, 6.45) is -1.23. The highest BCUT2D eigenvalue weighted by Gasteiger charge is 2.30. The summed E-state index contributed by atoms with van der Waals surface area (Å²) in [5.74, 6) is -0.110. The molecule has 0 unspecified atom stereocenters. The van der Waals surface area contributed by atoms with Crippen molar-refractivity contribution in [1.82, 2.24) is 14.7 Å². The van der Waals surface area contributed by atoms with Crippen LogP contribution in [0, 0.1) is 0 Å². The van der Waals surface area contributed by atoms with Crippen molar-refractivity contribution in [1.29, 1.82) is 0 Å². The highest BCUT2D eigenvalue weighted by molar-refractivity contribution is 5.94. The second-order valence-corrected chi connectivity index (χ2v) is 6.00. The van der Waals surface area contributed by atoms with Gasteiger partial charge in [-0.1, -0.05) is 12.1 Å². The lowest BCUT2D eigenvalue weighted by atomic mass is 10.1. The zero-order valence-corrected chi connectivity index (χ0v) is 14.2. The number of benzene rings is 2. The molecule has 3 rings (SSSR count). The lowest BCUT2D eigenvalue weighted by Gasteiger charge is -2.10. The lowest BCUT2D eigenvalue weighted by molar-refractivity contribution is -0.137. The third-order valence-corrected chi connectivity index (χ3v) is 3.89. The van der Waals surface area contributed by atoms with E-state index in [-0.39, 0.29) is 5.91 Å². The summed E-state index contributed by atoms with van der Waals surface area (Å²) in [7, 11) is 3.34. The van der Waals surface area contributed by atoms with E-state index < -0.39 is 11.7 Å². The highest BCUT2D eigenvalue weighted by atomic mass is 19.4. The van der Waals surface area contributed by atoms with Crippen LogP contribution < -0.4 is 0 Å².